The van der Waals surface area contributed by atoms with E-state index in [0.29, 0.717) is 0 Å². The van der Waals surface area contributed by atoms with E-state index in [1.807, 2.05) is 30.3 Å². The fourth-order valence-corrected chi connectivity index (χ4v) is 3.86. The number of methoxy groups -OCH3 is 2. The van der Waals surface area contributed by atoms with Gasteiger partial charge < -0.3 is 9.47 Å². The average Bonchev–Trinajstić information content (AvgIpc) is 3.07. The number of nitrogens with zero attached hydrogens (tertiary/aromatic N) is 1. The zero-order chi connectivity index (χ0) is 18.3. The molecule has 1 amide bonds. The molecule has 1 aliphatic heterocycles. The number of nitrogens with one attached hydrogen (secondary N) is 1. The maximum absolute atomic E-state index is 12.3. The van der Waals surface area contributed by atoms with E-state index in [0.717, 1.165) is 41.2 Å². The average molecular weight is 350 g/mol. The maximum atomic E-state index is 12.3. The maximum Gasteiger partial charge on any atom is 0.238 e. The third kappa shape index (κ3) is 2.60. The Morgan fingerprint density at radius 1 is 1.04 bits per heavy atom. The molecule has 5 heteroatoms. The van der Waals surface area contributed by atoms with Gasteiger partial charge in [0.25, 0.3) is 0 Å². The number of fused-ring (bicyclic) bond motifs is 2. The lowest BCUT2D eigenvalue weighted by atomic mass is 9.85. The van der Waals surface area contributed by atoms with Gasteiger partial charge in [0, 0.05) is 12.5 Å². The van der Waals surface area contributed by atoms with Gasteiger partial charge in [-0.25, -0.2) is 5.01 Å². The summed E-state index contributed by atoms with van der Waals surface area (Å²) >= 11 is 0. The van der Waals surface area contributed by atoms with E-state index in [9.17, 15) is 4.79 Å². The van der Waals surface area contributed by atoms with Gasteiger partial charge in [0.05, 0.1) is 19.9 Å². The Morgan fingerprint density at radius 3 is 2.38 bits per heavy atom. The van der Waals surface area contributed by atoms with E-state index in [1.54, 1.807) is 26.2 Å². The topological polar surface area (TPSA) is 50.8 Å². The molecule has 0 radical (unpaired) electrons. The highest BCUT2D eigenvalue weighted by Gasteiger charge is 2.38. The van der Waals surface area contributed by atoms with Crippen LogP contribution in [-0.2, 0) is 11.2 Å². The second-order valence-corrected chi connectivity index (χ2v) is 6.60. The van der Waals surface area contributed by atoms with Crippen molar-refractivity contribution in [3.8, 4) is 11.5 Å². The van der Waals surface area contributed by atoms with Gasteiger partial charge in [0.15, 0.2) is 0 Å². The number of hydrazine groups is 1. The normalized spacial score (nSPS) is 18.1. The fourth-order valence-electron chi connectivity index (χ4n) is 3.86. The van der Waals surface area contributed by atoms with Crippen LogP contribution in [0.5, 0.6) is 11.5 Å². The summed E-state index contributed by atoms with van der Waals surface area (Å²) in [6, 6.07) is 14.0. The minimum Gasteiger partial charge on any atom is -0.497 e. The summed E-state index contributed by atoms with van der Waals surface area (Å²) < 4.78 is 10.6. The lowest BCUT2D eigenvalue weighted by Gasteiger charge is -2.26. The Labute approximate surface area is 153 Å². The van der Waals surface area contributed by atoms with Gasteiger partial charge in [-0.05, 0) is 59.9 Å². The molecule has 0 spiro atoms. The van der Waals surface area contributed by atoms with Crippen LogP contribution in [0.3, 0.4) is 0 Å². The molecule has 0 fully saturated rings. The number of aryl methyl sites for hydroxylation is 1. The van der Waals surface area contributed by atoms with Crippen molar-refractivity contribution in [1.82, 2.24) is 10.4 Å². The first-order valence-electron chi connectivity index (χ1n) is 8.73. The quantitative estimate of drug-likeness (QED) is 0.921. The largest absolute Gasteiger partial charge is 0.497 e. The standard InChI is InChI=1S/C21H22N2O3/c1-13(24)23-21(14-4-7-16(25-2)8-5-14)19-10-6-15-12-17(26-3)9-11-18(15)20(19)22-23/h4-5,7-9,11-12,21-22H,6,10H2,1-3H3. The molecule has 5 nitrogen and oxygen atoms in total. The van der Waals surface area contributed by atoms with Crippen LogP contribution >= 0.6 is 0 Å². The van der Waals surface area contributed by atoms with Crippen LogP contribution < -0.4 is 14.9 Å². The summed E-state index contributed by atoms with van der Waals surface area (Å²) in [6.07, 6.45) is 1.84. The molecule has 0 saturated carbocycles. The van der Waals surface area contributed by atoms with Crippen LogP contribution in [0.4, 0.5) is 0 Å². The number of carbonyl (C=O) groups excluding carboxylic acids is 1. The molecular formula is C21H22N2O3. The molecular weight excluding hydrogens is 328 g/mol. The van der Waals surface area contributed by atoms with Crippen molar-refractivity contribution in [2.45, 2.75) is 25.8 Å². The third-order valence-corrected chi connectivity index (χ3v) is 5.16. The monoisotopic (exact) mass is 350 g/mol. The molecule has 1 unspecified atom stereocenters. The Bertz CT molecular complexity index is 887. The highest BCUT2D eigenvalue weighted by atomic mass is 16.5. The smallest absolute Gasteiger partial charge is 0.238 e. The van der Waals surface area contributed by atoms with Gasteiger partial charge >= 0.3 is 0 Å². The Kier molecular flexibility index (Phi) is 4.07. The summed E-state index contributed by atoms with van der Waals surface area (Å²) in [5.74, 6) is 1.67. The van der Waals surface area contributed by atoms with Crippen LogP contribution in [0.1, 0.15) is 36.1 Å². The minimum absolute atomic E-state index is 0.00437. The number of rotatable bonds is 3. The number of carbonyl (C=O) groups is 1. The predicted molar refractivity (Wildman–Crippen MR) is 99.6 cm³/mol. The summed E-state index contributed by atoms with van der Waals surface area (Å²) in [6.45, 7) is 1.59. The molecule has 2 aliphatic rings. The molecule has 2 aromatic rings. The minimum atomic E-state index is -0.0938. The first kappa shape index (κ1) is 16.5. The van der Waals surface area contributed by atoms with Gasteiger partial charge in [0.2, 0.25) is 5.91 Å². The van der Waals surface area contributed by atoms with Crippen LogP contribution in [0.15, 0.2) is 48.0 Å². The molecule has 1 aliphatic carbocycles. The van der Waals surface area contributed by atoms with E-state index in [-0.39, 0.29) is 11.9 Å². The summed E-state index contributed by atoms with van der Waals surface area (Å²) in [5, 5.41) is 1.73. The lowest BCUT2D eigenvalue weighted by Crippen LogP contribution is -2.38. The summed E-state index contributed by atoms with van der Waals surface area (Å²) in [7, 11) is 3.33. The zero-order valence-corrected chi connectivity index (χ0v) is 15.2. The summed E-state index contributed by atoms with van der Waals surface area (Å²) in [4.78, 5) is 12.3. The molecule has 1 atom stereocenters. The molecule has 4 rings (SSSR count). The summed E-state index contributed by atoms with van der Waals surface area (Å²) in [5.41, 5.74) is 9.13. The SMILES string of the molecule is COc1ccc(C2C3=C(NN2C(C)=O)c2ccc(OC)cc2CC3)cc1. The lowest BCUT2D eigenvalue weighted by molar-refractivity contribution is -0.132. The molecule has 1 heterocycles. The van der Waals surface area contributed by atoms with E-state index in [1.165, 1.54) is 11.1 Å². The van der Waals surface area contributed by atoms with Crippen molar-refractivity contribution in [3.05, 3.63) is 64.7 Å². The number of hydrogen-bond acceptors (Lipinski definition) is 4. The molecule has 2 aromatic carbocycles. The number of amides is 1. The number of hydrogen-bond donors (Lipinski definition) is 1. The predicted octanol–water partition coefficient (Wildman–Crippen LogP) is 3.47. The van der Waals surface area contributed by atoms with Gasteiger partial charge in [-0.1, -0.05) is 12.1 Å². The Balaban J connectivity index is 1.79. The molecule has 134 valence electrons. The number of ether oxygens (including phenoxy) is 2. The van der Waals surface area contributed by atoms with Crippen LogP contribution in [0.25, 0.3) is 5.70 Å². The molecule has 0 bridgehead atoms. The van der Waals surface area contributed by atoms with Crippen molar-refractivity contribution in [2.24, 2.45) is 0 Å². The van der Waals surface area contributed by atoms with E-state index < -0.39 is 0 Å². The Morgan fingerprint density at radius 2 is 1.73 bits per heavy atom. The van der Waals surface area contributed by atoms with E-state index >= 15 is 0 Å². The highest BCUT2D eigenvalue weighted by molar-refractivity contribution is 5.82. The fraction of sp³-hybridized carbons (Fsp3) is 0.286. The van der Waals surface area contributed by atoms with Crippen LogP contribution in [0.2, 0.25) is 0 Å². The van der Waals surface area contributed by atoms with Crippen molar-refractivity contribution in [3.63, 3.8) is 0 Å². The van der Waals surface area contributed by atoms with Gasteiger partial charge in [-0.15, -0.1) is 0 Å². The molecule has 0 saturated heterocycles. The molecule has 1 N–H and O–H groups in total. The van der Waals surface area contributed by atoms with Gasteiger partial charge in [0.1, 0.15) is 17.5 Å². The van der Waals surface area contributed by atoms with Crippen molar-refractivity contribution in [2.75, 3.05) is 14.2 Å². The van der Waals surface area contributed by atoms with E-state index in [2.05, 4.69) is 17.6 Å². The van der Waals surface area contributed by atoms with Crippen molar-refractivity contribution in [1.29, 1.82) is 0 Å². The van der Waals surface area contributed by atoms with E-state index in [4.69, 9.17) is 9.47 Å². The molecule has 0 aromatic heterocycles. The zero-order valence-electron chi connectivity index (χ0n) is 15.2. The first-order valence-corrected chi connectivity index (χ1v) is 8.73. The second kappa shape index (κ2) is 6.41. The third-order valence-electron chi connectivity index (χ3n) is 5.16. The Hall–Kier alpha value is -2.95. The number of benzene rings is 2. The van der Waals surface area contributed by atoms with Gasteiger partial charge in [-0.3, -0.25) is 10.2 Å². The molecule has 26 heavy (non-hydrogen) atoms. The van der Waals surface area contributed by atoms with Crippen LogP contribution in [-0.4, -0.2) is 25.1 Å². The first-order chi connectivity index (χ1) is 12.6. The highest BCUT2D eigenvalue weighted by Crippen LogP contribution is 2.44. The second-order valence-electron chi connectivity index (χ2n) is 6.60. The van der Waals surface area contributed by atoms with Crippen molar-refractivity contribution < 1.29 is 14.3 Å². The van der Waals surface area contributed by atoms with Crippen molar-refractivity contribution >= 4 is 11.6 Å². The van der Waals surface area contributed by atoms with Gasteiger partial charge in [-0.2, -0.15) is 0 Å². The van der Waals surface area contributed by atoms with Crippen LogP contribution in [0, 0.1) is 0 Å².